The van der Waals surface area contributed by atoms with Crippen molar-refractivity contribution < 1.29 is 9.53 Å². The van der Waals surface area contributed by atoms with Gasteiger partial charge in [0.05, 0.1) is 11.6 Å². The second kappa shape index (κ2) is 7.69. The van der Waals surface area contributed by atoms with Crippen molar-refractivity contribution in [1.29, 1.82) is 0 Å². The average Bonchev–Trinajstić information content (AvgIpc) is 3.50. The number of piperidine rings is 1. The van der Waals surface area contributed by atoms with Crippen LogP contribution in [0.3, 0.4) is 0 Å². The SMILES string of the molecule is C=Cc1ccc(N2C[C@@H](NC(=O)OC(C)(C)C)C[C@@H](C3CC3)C2)c2cccnc12. The molecule has 5 heteroatoms. The van der Waals surface area contributed by atoms with Gasteiger partial charge in [0.2, 0.25) is 0 Å². The first-order chi connectivity index (χ1) is 13.8. The predicted molar refractivity (Wildman–Crippen MR) is 118 cm³/mol. The van der Waals surface area contributed by atoms with Crippen LogP contribution in [0.2, 0.25) is 0 Å². The first-order valence-electron chi connectivity index (χ1n) is 10.6. The van der Waals surface area contributed by atoms with Crippen molar-refractivity contribution in [2.75, 3.05) is 18.0 Å². The lowest BCUT2D eigenvalue weighted by atomic mass is 9.89. The number of fused-ring (bicyclic) bond motifs is 1. The summed E-state index contributed by atoms with van der Waals surface area (Å²) in [7, 11) is 0. The Morgan fingerprint density at radius 3 is 2.72 bits per heavy atom. The van der Waals surface area contributed by atoms with E-state index in [1.165, 1.54) is 18.5 Å². The third-order valence-corrected chi connectivity index (χ3v) is 5.83. The minimum absolute atomic E-state index is 0.0787. The highest BCUT2D eigenvalue weighted by Gasteiger charge is 2.38. The molecule has 1 N–H and O–H groups in total. The van der Waals surface area contributed by atoms with E-state index >= 15 is 0 Å². The third-order valence-electron chi connectivity index (χ3n) is 5.83. The number of alkyl carbamates (subject to hydrolysis) is 1. The van der Waals surface area contributed by atoms with E-state index in [4.69, 9.17) is 4.74 Å². The molecule has 1 aliphatic heterocycles. The highest BCUT2D eigenvalue weighted by atomic mass is 16.6. The summed E-state index contributed by atoms with van der Waals surface area (Å²) in [6.07, 6.45) is 6.98. The molecule has 1 amide bonds. The van der Waals surface area contributed by atoms with Crippen molar-refractivity contribution in [2.45, 2.75) is 51.7 Å². The fourth-order valence-electron chi connectivity index (χ4n) is 4.44. The molecular formula is C24H31N3O2. The number of hydrogen-bond acceptors (Lipinski definition) is 4. The van der Waals surface area contributed by atoms with E-state index in [-0.39, 0.29) is 12.1 Å². The summed E-state index contributed by atoms with van der Waals surface area (Å²) in [5.41, 5.74) is 2.71. The van der Waals surface area contributed by atoms with Crippen molar-refractivity contribution in [3.63, 3.8) is 0 Å². The number of benzene rings is 1. The zero-order chi connectivity index (χ0) is 20.6. The molecule has 154 valence electrons. The van der Waals surface area contributed by atoms with Gasteiger partial charge < -0.3 is 15.0 Å². The summed E-state index contributed by atoms with van der Waals surface area (Å²) in [6.45, 7) is 11.4. The van der Waals surface area contributed by atoms with Crippen LogP contribution in [-0.4, -0.2) is 35.8 Å². The van der Waals surface area contributed by atoms with Crippen LogP contribution in [0.1, 0.15) is 45.6 Å². The van der Waals surface area contributed by atoms with Gasteiger partial charge >= 0.3 is 6.09 Å². The molecule has 1 aromatic carbocycles. The molecule has 0 radical (unpaired) electrons. The van der Waals surface area contributed by atoms with Crippen LogP contribution in [0.25, 0.3) is 17.0 Å². The lowest BCUT2D eigenvalue weighted by Gasteiger charge is -2.40. The van der Waals surface area contributed by atoms with Gasteiger partial charge in [-0.15, -0.1) is 0 Å². The topological polar surface area (TPSA) is 54.5 Å². The first kappa shape index (κ1) is 19.7. The number of amides is 1. The van der Waals surface area contributed by atoms with Gasteiger partial charge in [-0.1, -0.05) is 18.7 Å². The second-order valence-electron chi connectivity index (χ2n) is 9.36. The van der Waals surface area contributed by atoms with E-state index in [1.54, 1.807) is 0 Å². The average molecular weight is 394 g/mol. The fraction of sp³-hybridized carbons (Fsp3) is 0.500. The van der Waals surface area contributed by atoms with E-state index < -0.39 is 5.60 Å². The summed E-state index contributed by atoms with van der Waals surface area (Å²) in [5.74, 6) is 1.37. The Balaban J connectivity index is 1.60. The number of carbonyl (C=O) groups excluding carboxylic acids is 1. The Morgan fingerprint density at radius 2 is 2.03 bits per heavy atom. The van der Waals surface area contributed by atoms with Crippen LogP contribution in [0.4, 0.5) is 10.5 Å². The summed E-state index contributed by atoms with van der Waals surface area (Å²) < 4.78 is 5.50. The fourth-order valence-corrected chi connectivity index (χ4v) is 4.44. The monoisotopic (exact) mass is 393 g/mol. The van der Waals surface area contributed by atoms with E-state index in [2.05, 4.69) is 40.0 Å². The molecule has 2 aromatic rings. The van der Waals surface area contributed by atoms with E-state index in [1.807, 2.05) is 39.1 Å². The van der Waals surface area contributed by atoms with Gasteiger partial charge in [-0.2, -0.15) is 0 Å². The molecule has 29 heavy (non-hydrogen) atoms. The van der Waals surface area contributed by atoms with Crippen LogP contribution in [0.5, 0.6) is 0 Å². The summed E-state index contributed by atoms with van der Waals surface area (Å²) in [6, 6.07) is 8.45. The maximum Gasteiger partial charge on any atom is 0.407 e. The minimum atomic E-state index is -0.489. The lowest BCUT2D eigenvalue weighted by Crippen LogP contribution is -2.52. The van der Waals surface area contributed by atoms with E-state index in [9.17, 15) is 4.79 Å². The molecule has 1 saturated carbocycles. The summed E-state index contributed by atoms with van der Waals surface area (Å²) >= 11 is 0. The van der Waals surface area contributed by atoms with Gasteiger partial charge in [-0.3, -0.25) is 4.98 Å². The Morgan fingerprint density at radius 1 is 1.24 bits per heavy atom. The molecule has 5 nitrogen and oxygen atoms in total. The summed E-state index contributed by atoms with van der Waals surface area (Å²) in [5, 5.41) is 4.26. The van der Waals surface area contributed by atoms with Gasteiger partial charge in [-0.05, 0) is 70.1 Å². The maximum atomic E-state index is 12.4. The van der Waals surface area contributed by atoms with Gasteiger partial charge in [0.1, 0.15) is 5.60 Å². The van der Waals surface area contributed by atoms with Crippen LogP contribution in [0, 0.1) is 11.8 Å². The molecule has 2 aliphatic rings. The minimum Gasteiger partial charge on any atom is -0.444 e. The van der Waals surface area contributed by atoms with E-state index in [0.29, 0.717) is 5.92 Å². The number of pyridine rings is 1. The number of nitrogens with one attached hydrogen (secondary N) is 1. The van der Waals surface area contributed by atoms with Crippen molar-refractivity contribution >= 4 is 28.8 Å². The standard InChI is InChI=1S/C24H31N3O2/c1-5-16-10-11-21(20-7-6-12-25-22(16)20)27-14-18(17-8-9-17)13-19(15-27)26-23(28)29-24(2,3)4/h5-7,10-12,17-19H,1,8-9,13-15H2,2-4H3,(H,26,28)/t18-,19+/m1/s1. The first-order valence-corrected chi connectivity index (χ1v) is 10.6. The number of hydrogen-bond donors (Lipinski definition) is 1. The maximum absolute atomic E-state index is 12.4. The second-order valence-corrected chi connectivity index (χ2v) is 9.36. The molecule has 2 atom stereocenters. The van der Waals surface area contributed by atoms with Gasteiger partial charge in [0.15, 0.2) is 0 Å². The zero-order valence-electron chi connectivity index (χ0n) is 17.6. The number of ether oxygens (including phenoxy) is 1. The van der Waals surface area contributed by atoms with Gasteiger partial charge in [-0.25, -0.2) is 4.79 Å². The quantitative estimate of drug-likeness (QED) is 0.793. The van der Waals surface area contributed by atoms with Crippen LogP contribution in [-0.2, 0) is 4.74 Å². The molecule has 0 bridgehead atoms. The highest BCUT2D eigenvalue weighted by molar-refractivity contribution is 5.96. The van der Waals surface area contributed by atoms with Crippen molar-refractivity contribution in [3.05, 3.63) is 42.6 Å². The normalized spacial score (nSPS) is 22.4. The highest BCUT2D eigenvalue weighted by Crippen LogP contribution is 2.42. The van der Waals surface area contributed by atoms with Crippen molar-refractivity contribution in [2.24, 2.45) is 11.8 Å². The zero-order valence-corrected chi connectivity index (χ0v) is 17.6. The molecule has 1 aliphatic carbocycles. The Kier molecular flexibility index (Phi) is 5.24. The number of rotatable bonds is 4. The number of aromatic nitrogens is 1. The number of anilines is 1. The largest absolute Gasteiger partial charge is 0.444 e. The van der Waals surface area contributed by atoms with Crippen LogP contribution in [0.15, 0.2) is 37.0 Å². The predicted octanol–water partition coefficient (Wildman–Crippen LogP) is 5.01. The van der Waals surface area contributed by atoms with Gasteiger partial charge in [0, 0.05) is 35.9 Å². The third kappa shape index (κ3) is 4.55. The molecule has 1 saturated heterocycles. The molecule has 2 fully saturated rings. The van der Waals surface area contributed by atoms with Crippen LogP contribution < -0.4 is 10.2 Å². The Bertz CT molecular complexity index is 914. The number of nitrogens with zero attached hydrogens (tertiary/aromatic N) is 2. The molecule has 0 spiro atoms. The van der Waals surface area contributed by atoms with Crippen LogP contribution >= 0.6 is 0 Å². The molecular weight excluding hydrogens is 362 g/mol. The summed E-state index contributed by atoms with van der Waals surface area (Å²) in [4.78, 5) is 19.4. The van der Waals surface area contributed by atoms with Crippen molar-refractivity contribution in [3.8, 4) is 0 Å². The Labute approximate surface area is 173 Å². The molecule has 1 aromatic heterocycles. The Hall–Kier alpha value is -2.56. The number of carbonyl (C=O) groups is 1. The molecule has 0 unspecified atom stereocenters. The van der Waals surface area contributed by atoms with E-state index in [0.717, 1.165) is 41.9 Å². The molecule has 4 rings (SSSR count). The molecule has 2 heterocycles. The van der Waals surface area contributed by atoms with Gasteiger partial charge in [0.25, 0.3) is 0 Å². The smallest absolute Gasteiger partial charge is 0.407 e. The lowest BCUT2D eigenvalue weighted by molar-refractivity contribution is 0.0492. The van der Waals surface area contributed by atoms with Crippen molar-refractivity contribution in [1.82, 2.24) is 10.3 Å².